The Balaban J connectivity index is 1.64. The van der Waals surface area contributed by atoms with Gasteiger partial charge >= 0.3 is 6.18 Å². The van der Waals surface area contributed by atoms with Gasteiger partial charge in [-0.05, 0) is 31.4 Å². The molecular weight excluding hydrogens is 337 g/mol. The first-order valence-electron chi connectivity index (χ1n) is 8.31. The smallest absolute Gasteiger partial charge is 0.390 e. The Morgan fingerprint density at radius 1 is 1.40 bits per heavy atom. The Bertz CT molecular complexity index is 630. The number of aliphatic hydroxyl groups excluding tert-OH is 1. The molecule has 0 saturated carbocycles. The maximum Gasteiger partial charge on any atom is 0.418 e. The molecule has 1 amide bonds. The lowest BCUT2D eigenvalue weighted by Crippen LogP contribution is -2.57. The molecule has 1 aromatic carbocycles. The van der Waals surface area contributed by atoms with E-state index in [0.29, 0.717) is 26.1 Å². The van der Waals surface area contributed by atoms with E-state index in [9.17, 15) is 23.1 Å². The minimum atomic E-state index is -4.53. The summed E-state index contributed by atoms with van der Waals surface area (Å²) in [4.78, 5) is 14.0. The number of benzene rings is 1. The number of likely N-dealkylation sites (tertiary alicyclic amines) is 1. The molecule has 2 atom stereocenters. The summed E-state index contributed by atoms with van der Waals surface area (Å²) in [6, 6.07) is 4.91. The second-order valence-electron chi connectivity index (χ2n) is 6.62. The molecule has 2 N–H and O–H groups in total. The zero-order valence-electron chi connectivity index (χ0n) is 13.7. The Morgan fingerprint density at radius 3 is 2.84 bits per heavy atom. The van der Waals surface area contributed by atoms with E-state index in [-0.39, 0.29) is 12.2 Å². The van der Waals surface area contributed by atoms with E-state index in [0.717, 1.165) is 18.9 Å². The number of ether oxygens (including phenoxy) is 1. The second-order valence-corrected chi connectivity index (χ2v) is 6.62. The standard InChI is InChI=1S/C17H21F3N2O3/c18-17(19,20)12-4-1-2-5-13(12)21-15(24)10-22-8-6-14(23)16(11-22)7-3-9-25-16/h1-2,4-5,14,23H,3,6-11H2,(H,21,24)/t14-,16-/m0/s1. The van der Waals surface area contributed by atoms with Crippen LogP contribution in [-0.2, 0) is 15.7 Å². The van der Waals surface area contributed by atoms with Crippen LogP contribution in [0.1, 0.15) is 24.8 Å². The number of hydrogen-bond donors (Lipinski definition) is 2. The Hall–Kier alpha value is -1.64. The van der Waals surface area contributed by atoms with Crippen molar-refractivity contribution in [3.63, 3.8) is 0 Å². The van der Waals surface area contributed by atoms with Crippen molar-refractivity contribution in [1.29, 1.82) is 0 Å². The zero-order chi connectivity index (χ0) is 18.1. The number of halogens is 3. The lowest BCUT2D eigenvalue weighted by molar-refractivity contribution is -0.137. The number of para-hydroxylation sites is 1. The molecule has 8 heteroatoms. The first-order valence-corrected chi connectivity index (χ1v) is 8.31. The Kier molecular flexibility index (Phi) is 5.04. The monoisotopic (exact) mass is 358 g/mol. The quantitative estimate of drug-likeness (QED) is 0.870. The topological polar surface area (TPSA) is 61.8 Å². The average molecular weight is 358 g/mol. The van der Waals surface area contributed by atoms with Gasteiger partial charge < -0.3 is 15.2 Å². The number of nitrogens with one attached hydrogen (secondary N) is 1. The number of alkyl halides is 3. The molecule has 0 aromatic heterocycles. The van der Waals surface area contributed by atoms with E-state index < -0.39 is 29.4 Å². The van der Waals surface area contributed by atoms with Crippen LogP contribution in [0, 0.1) is 0 Å². The maximum absolute atomic E-state index is 13.0. The summed E-state index contributed by atoms with van der Waals surface area (Å²) in [6.07, 6.45) is -3.03. The third kappa shape index (κ3) is 3.96. The van der Waals surface area contributed by atoms with Crippen molar-refractivity contribution < 1.29 is 27.8 Å². The van der Waals surface area contributed by atoms with E-state index >= 15 is 0 Å². The molecule has 0 aliphatic carbocycles. The van der Waals surface area contributed by atoms with Crippen molar-refractivity contribution in [3.8, 4) is 0 Å². The third-order valence-corrected chi connectivity index (χ3v) is 4.82. The largest absolute Gasteiger partial charge is 0.418 e. The van der Waals surface area contributed by atoms with Crippen LogP contribution in [0.25, 0.3) is 0 Å². The van der Waals surface area contributed by atoms with Crippen LogP contribution in [0.4, 0.5) is 18.9 Å². The summed E-state index contributed by atoms with van der Waals surface area (Å²) >= 11 is 0. The first-order chi connectivity index (χ1) is 11.8. The van der Waals surface area contributed by atoms with Crippen LogP contribution in [0.3, 0.4) is 0 Å². The van der Waals surface area contributed by atoms with Crippen LogP contribution >= 0.6 is 0 Å². The Labute approximate surface area is 143 Å². The molecule has 1 aromatic rings. The van der Waals surface area contributed by atoms with Crippen LogP contribution in [0.2, 0.25) is 0 Å². The number of anilines is 1. The van der Waals surface area contributed by atoms with Crippen molar-refractivity contribution in [2.45, 2.75) is 37.1 Å². The van der Waals surface area contributed by atoms with Gasteiger partial charge in [0.1, 0.15) is 5.60 Å². The van der Waals surface area contributed by atoms with E-state index in [4.69, 9.17) is 4.74 Å². The average Bonchev–Trinajstić information content (AvgIpc) is 3.00. The predicted molar refractivity (Wildman–Crippen MR) is 85.1 cm³/mol. The summed E-state index contributed by atoms with van der Waals surface area (Å²) in [5.74, 6) is -0.513. The predicted octanol–water partition coefficient (Wildman–Crippen LogP) is 2.26. The summed E-state index contributed by atoms with van der Waals surface area (Å²) in [6.45, 7) is 1.45. The van der Waals surface area contributed by atoms with Crippen LogP contribution in [-0.4, -0.2) is 53.9 Å². The van der Waals surface area contributed by atoms with Crippen molar-refractivity contribution in [2.75, 3.05) is 31.6 Å². The minimum absolute atomic E-state index is 0.0377. The molecule has 0 radical (unpaired) electrons. The number of amides is 1. The number of aliphatic hydroxyl groups is 1. The Morgan fingerprint density at radius 2 is 2.16 bits per heavy atom. The minimum Gasteiger partial charge on any atom is -0.390 e. The fraction of sp³-hybridized carbons (Fsp3) is 0.588. The number of hydrogen-bond acceptors (Lipinski definition) is 4. The van der Waals surface area contributed by atoms with Gasteiger partial charge in [-0.15, -0.1) is 0 Å². The second kappa shape index (κ2) is 6.93. The number of carbonyl (C=O) groups excluding carboxylic acids is 1. The molecule has 0 unspecified atom stereocenters. The van der Waals surface area contributed by atoms with Gasteiger partial charge in [0, 0.05) is 19.7 Å². The highest BCUT2D eigenvalue weighted by Crippen LogP contribution is 2.36. The molecule has 0 bridgehead atoms. The maximum atomic E-state index is 13.0. The number of piperidine rings is 1. The van der Waals surface area contributed by atoms with Crippen molar-refractivity contribution in [1.82, 2.24) is 4.90 Å². The highest BCUT2D eigenvalue weighted by Gasteiger charge is 2.46. The lowest BCUT2D eigenvalue weighted by Gasteiger charge is -2.42. The van der Waals surface area contributed by atoms with Crippen LogP contribution in [0.15, 0.2) is 24.3 Å². The van der Waals surface area contributed by atoms with Gasteiger partial charge in [0.2, 0.25) is 5.91 Å². The number of rotatable bonds is 3. The first kappa shape index (κ1) is 18.2. The summed E-state index contributed by atoms with van der Waals surface area (Å²) in [5, 5.41) is 12.5. The van der Waals surface area contributed by atoms with Gasteiger partial charge in [-0.3, -0.25) is 9.69 Å². The molecule has 138 valence electrons. The molecule has 2 saturated heterocycles. The molecule has 2 aliphatic rings. The fourth-order valence-electron chi connectivity index (χ4n) is 3.60. The highest BCUT2D eigenvalue weighted by molar-refractivity contribution is 5.93. The van der Waals surface area contributed by atoms with Crippen LogP contribution in [0.5, 0.6) is 0 Å². The molecule has 3 rings (SSSR count). The highest BCUT2D eigenvalue weighted by atomic mass is 19.4. The molecule has 25 heavy (non-hydrogen) atoms. The molecule has 2 fully saturated rings. The summed E-state index contributed by atoms with van der Waals surface area (Å²) in [7, 11) is 0. The summed E-state index contributed by atoms with van der Waals surface area (Å²) in [5.41, 5.74) is -1.76. The van der Waals surface area contributed by atoms with Gasteiger partial charge in [0.05, 0.1) is 23.9 Å². The SMILES string of the molecule is O=C(CN1CC[C@H](O)[C@]2(CCCO2)C1)Nc1ccccc1C(F)(F)F. The third-order valence-electron chi connectivity index (χ3n) is 4.82. The molecule has 5 nitrogen and oxygen atoms in total. The van der Waals surface area contributed by atoms with Crippen molar-refractivity contribution in [2.24, 2.45) is 0 Å². The molecule has 1 spiro atoms. The van der Waals surface area contributed by atoms with Gasteiger partial charge in [-0.25, -0.2) is 0 Å². The van der Waals surface area contributed by atoms with E-state index in [1.807, 2.05) is 4.90 Å². The number of carbonyl (C=O) groups is 1. The number of nitrogens with zero attached hydrogens (tertiary/aromatic N) is 1. The van der Waals surface area contributed by atoms with Gasteiger partial charge in [-0.1, -0.05) is 12.1 Å². The van der Waals surface area contributed by atoms with E-state index in [1.54, 1.807) is 0 Å². The molecular formula is C17H21F3N2O3. The zero-order valence-corrected chi connectivity index (χ0v) is 13.7. The molecule has 2 aliphatic heterocycles. The van der Waals surface area contributed by atoms with E-state index in [2.05, 4.69) is 5.32 Å². The van der Waals surface area contributed by atoms with Gasteiger partial charge in [0.15, 0.2) is 0 Å². The molecule has 2 heterocycles. The lowest BCUT2D eigenvalue weighted by atomic mass is 9.87. The normalized spacial score (nSPS) is 27.6. The van der Waals surface area contributed by atoms with Crippen LogP contribution < -0.4 is 5.32 Å². The van der Waals surface area contributed by atoms with E-state index in [1.165, 1.54) is 18.2 Å². The summed E-state index contributed by atoms with van der Waals surface area (Å²) < 4.78 is 44.7. The fourth-order valence-corrected chi connectivity index (χ4v) is 3.60. The van der Waals surface area contributed by atoms with Crippen molar-refractivity contribution in [3.05, 3.63) is 29.8 Å². The van der Waals surface area contributed by atoms with Gasteiger partial charge in [-0.2, -0.15) is 13.2 Å². The van der Waals surface area contributed by atoms with Gasteiger partial charge in [0.25, 0.3) is 0 Å². The van der Waals surface area contributed by atoms with Crippen molar-refractivity contribution >= 4 is 11.6 Å².